The summed E-state index contributed by atoms with van der Waals surface area (Å²) in [6, 6.07) is 5.76. The van der Waals surface area contributed by atoms with Gasteiger partial charge in [0.25, 0.3) is 5.89 Å². The van der Waals surface area contributed by atoms with Crippen LogP contribution in [-0.4, -0.2) is 34.1 Å². The lowest BCUT2D eigenvalue weighted by molar-refractivity contribution is -0.127. The molecule has 4 heterocycles. The van der Waals surface area contributed by atoms with Gasteiger partial charge in [0.05, 0.1) is 11.8 Å². The van der Waals surface area contributed by atoms with E-state index in [-0.39, 0.29) is 11.8 Å². The van der Waals surface area contributed by atoms with Crippen LogP contribution in [0.15, 0.2) is 51.0 Å². The number of carbonyl (C=O) groups is 1. The zero-order valence-corrected chi connectivity index (χ0v) is 14.3. The summed E-state index contributed by atoms with van der Waals surface area (Å²) in [5.74, 6) is 1.36. The first-order valence-electron chi connectivity index (χ1n) is 8.16. The maximum Gasteiger partial charge on any atom is 0.250 e. The standard InChI is InChI=1S/C18H17N3O3S/c22-16(4-3-15-2-1-11-25-15)21-8-5-13(6-9-21)17-19-20-18(24-17)14-7-10-23-12-14/h1-4,7,10-13H,5-6,8-9H2/b4-3+. The SMILES string of the molecule is O=C(/C=C/c1cccs1)N1CCC(c2nnc(-c3ccoc3)o2)CC1. The van der Waals surface area contributed by atoms with E-state index in [1.807, 2.05) is 28.5 Å². The number of piperidine rings is 1. The third kappa shape index (κ3) is 3.56. The van der Waals surface area contributed by atoms with Gasteiger partial charge in [-0.05, 0) is 36.4 Å². The molecule has 0 aliphatic carbocycles. The fraction of sp³-hybridized carbons (Fsp3) is 0.278. The van der Waals surface area contributed by atoms with Gasteiger partial charge >= 0.3 is 0 Å². The van der Waals surface area contributed by atoms with Crippen LogP contribution in [0.25, 0.3) is 17.5 Å². The lowest BCUT2D eigenvalue weighted by Crippen LogP contribution is -2.36. The quantitative estimate of drug-likeness (QED) is 0.666. The molecule has 7 heteroatoms. The van der Waals surface area contributed by atoms with Gasteiger partial charge in [0.2, 0.25) is 11.8 Å². The highest BCUT2D eigenvalue weighted by Crippen LogP contribution is 2.29. The van der Waals surface area contributed by atoms with Crippen molar-refractivity contribution < 1.29 is 13.6 Å². The summed E-state index contributed by atoms with van der Waals surface area (Å²) in [6.07, 6.45) is 8.33. The van der Waals surface area contributed by atoms with Gasteiger partial charge in [0.1, 0.15) is 6.26 Å². The van der Waals surface area contributed by atoms with Crippen LogP contribution in [0.4, 0.5) is 0 Å². The van der Waals surface area contributed by atoms with E-state index in [0.717, 1.165) is 23.3 Å². The number of thiophene rings is 1. The molecule has 0 spiro atoms. The second kappa shape index (κ2) is 7.06. The fourth-order valence-electron chi connectivity index (χ4n) is 2.89. The third-order valence-corrected chi connectivity index (χ3v) is 5.14. The lowest BCUT2D eigenvalue weighted by Gasteiger charge is -2.29. The number of amides is 1. The van der Waals surface area contributed by atoms with Crippen molar-refractivity contribution in [2.45, 2.75) is 18.8 Å². The van der Waals surface area contributed by atoms with Crippen molar-refractivity contribution in [3.05, 3.63) is 52.9 Å². The van der Waals surface area contributed by atoms with Crippen LogP contribution in [-0.2, 0) is 4.79 Å². The van der Waals surface area contributed by atoms with Gasteiger partial charge in [0.15, 0.2) is 0 Å². The van der Waals surface area contributed by atoms with Crippen LogP contribution in [0.2, 0.25) is 0 Å². The minimum absolute atomic E-state index is 0.0523. The van der Waals surface area contributed by atoms with E-state index in [1.165, 1.54) is 0 Å². The van der Waals surface area contributed by atoms with E-state index < -0.39 is 0 Å². The molecule has 0 unspecified atom stereocenters. The molecule has 6 nitrogen and oxygen atoms in total. The molecule has 0 saturated carbocycles. The fourth-order valence-corrected chi connectivity index (χ4v) is 3.51. The van der Waals surface area contributed by atoms with Crippen LogP contribution in [0.1, 0.15) is 29.5 Å². The largest absolute Gasteiger partial charge is 0.472 e. The smallest absolute Gasteiger partial charge is 0.250 e. The summed E-state index contributed by atoms with van der Waals surface area (Å²) >= 11 is 1.62. The normalized spacial score (nSPS) is 15.9. The summed E-state index contributed by atoms with van der Waals surface area (Å²) in [7, 11) is 0. The molecule has 1 saturated heterocycles. The van der Waals surface area contributed by atoms with Gasteiger partial charge < -0.3 is 13.7 Å². The Morgan fingerprint density at radius 1 is 1.28 bits per heavy atom. The molecule has 4 rings (SSSR count). The molecular formula is C18H17N3O3S. The van der Waals surface area contributed by atoms with Crippen LogP contribution in [0, 0.1) is 0 Å². The molecule has 1 aliphatic rings. The average Bonchev–Trinajstić information content (AvgIpc) is 3.42. The predicted octanol–water partition coefficient (Wildman–Crippen LogP) is 3.81. The molecule has 1 amide bonds. The van der Waals surface area contributed by atoms with E-state index in [9.17, 15) is 4.79 Å². The molecule has 3 aromatic rings. The Kier molecular flexibility index (Phi) is 4.47. The van der Waals surface area contributed by atoms with Crippen LogP contribution >= 0.6 is 11.3 Å². The van der Waals surface area contributed by atoms with E-state index >= 15 is 0 Å². The van der Waals surface area contributed by atoms with Crippen molar-refractivity contribution >= 4 is 23.3 Å². The Bertz CT molecular complexity index is 844. The Morgan fingerprint density at radius 3 is 2.88 bits per heavy atom. The molecule has 0 N–H and O–H groups in total. The average molecular weight is 355 g/mol. The first-order valence-corrected chi connectivity index (χ1v) is 9.04. The molecule has 25 heavy (non-hydrogen) atoms. The summed E-state index contributed by atoms with van der Waals surface area (Å²) in [4.78, 5) is 15.2. The van der Waals surface area contributed by atoms with Gasteiger partial charge in [-0.25, -0.2) is 0 Å². The van der Waals surface area contributed by atoms with Crippen molar-refractivity contribution in [3.63, 3.8) is 0 Å². The maximum absolute atomic E-state index is 12.3. The van der Waals surface area contributed by atoms with Crippen LogP contribution in [0.5, 0.6) is 0 Å². The Labute approximate surface area is 148 Å². The molecular weight excluding hydrogens is 338 g/mol. The number of furan rings is 1. The van der Waals surface area contributed by atoms with Crippen molar-refractivity contribution in [3.8, 4) is 11.5 Å². The molecule has 3 aromatic heterocycles. The van der Waals surface area contributed by atoms with Gasteiger partial charge in [-0.3, -0.25) is 4.79 Å². The van der Waals surface area contributed by atoms with Crippen molar-refractivity contribution in [2.24, 2.45) is 0 Å². The van der Waals surface area contributed by atoms with Crippen LogP contribution < -0.4 is 0 Å². The minimum atomic E-state index is 0.0523. The van der Waals surface area contributed by atoms with Gasteiger partial charge in [0, 0.05) is 30.0 Å². The molecule has 0 bridgehead atoms. The number of hydrogen-bond acceptors (Lipinski definition) is 6. The second-order valence-electron chi connectivity index (χ2n) is 5.91. The molecule has 0 atom stereocenters. The summed E-state index contributed by atoms with van der Waals surface area (Å²) in [5, 5.41) is 10.2. The first kappa shape index (κ1) is 15.8. The second-order valence-corrected chi connectivity index (χ2v) is 6.89. The number of hydrogen-bond donors (Lipinski definition) is 0. The number of carbonyl (C=O) groups excluding carboxylic acids is 1. The zero-order valence-electron chi connectivity index (χ0n) is 13.5. The Hall–Kier alpha value is -2.67. The number of aromatic nitrogens is 2. The number of likely N-dealkylation sites (tertiary alicyclic amines) is 1. The topological polar surface area (TPSA) is 72.4 Å². The monoisotopic (exact) mass is 355 g/mol. The predicted molar refractivity (Wildman–Crippen MR) is 93.9 cm³/mol. The van der Waals surface area contributed by atoms with Gasteiger partial charge in [-0.1, -0.05) is 6.07 Å². The van der Waals surface area contributed by atoms with Crippen molar-refractivity contribution in [1.29, 1.82) is 0 Å². The molecule has 1 aliphatic heterocycles. The number of nitrogens with zero attached hydrogens (tertiary/aromatic N) is 3. The van der Waals surface area contributed by atoms with Crippen molar-refractivity contribution in [1.82, 2.24) is 15.1 Å². The Morgan fingerprint density at radius 2 is 2.16 bits per heavy atom. The number of rotatable bonds is 4. The van der Waals surface area contributed by atoms with Gasteiger partial charge in [-0.15, -0.1) is 21.5 Å². The maximum atomic E-state index is 12.3. The minimum Gasteiger partial charge on any atom is -0.472 e. The highest BCUT2D eigenvalue weighted by atomic mass is 32.1. The van der Waals surface area contributed by atoms with E-state index in [4.69, 9.17) is 8.83 Å². The summed E-state index contributed by atoms with van der Waals surface area (Å²) in [6.45, 7) is 1.39. The van der Waals surface area contributed by atoms with E-state index in [1.54, 1.807) is 36.0 Å². The molecule has 0 radical (unpaired) electrons. The lowest BCUT2D eigenvalue weighted by atomic mass is 9.97. The van der Waals surface area contributed by atoms with Crippen molar-refractivity contribution in [2.75, 3.05) is 13.1 Å². The molecule has 1 fully saturated rings. The van der Waals surface area contributed by atoms with Crippen LogP contribution in [0.3, 0.4) is 0 Å². The summed E-state index contributed by atoms with van der Waals surface area (Å²) in [5.41, 5.74) is 0.782. The molecule has 0 aromatic carbocycles. The highest BCUT2D eigenvalue weighted by molar-refractivity contribution is 7.10. The zero-order chi connectivity index (χ0) is 17.1. The first-order chi connectivity index (χ1) is 12.3. The summed E-state index contributed by atoms with van der Waals surface area (Å²) < 4.78 is 10.8. The third-order valence-electron chi connectivity index (χ3n) is 4.30. The van der Waals surface area contributed by atoms with E-state index in [0.29, 0.717) is 24.9 Å². The Balaban J connectivity index is 1.34. The highest BCUT2D eigenvalue weighted by Gasteiger charge is 2.26. The van der Waals surface area contributed by atoms with E-state index in [2.05, 4.69) is 10.2 Å². The molecule has 128 valence electrons. The van der Waals surface area contributed by atoms with Gasteiger partial charge in [-0.2, -0.15) is 0 Å².